The smallest absolute Gasteiger partial charge is 0.441 e. The fraction of sp³-hybridized carbons (Fsp3) is 0.571. The molecule has 10 heteroatoms. The Labute approximate surface area is 308 Å². The molecular weight excluding hydrogens is 654 g/mol. The van der Waals surface area contributed by atoms with Gasteiger partial charge in [0.2, 0.25) is 6.04 Å². The second kappa shape index (κ2) is 16.3. The SMILES string of the molecule is C[N+]1(C(CC2CCC(OCc3ccccc3)CC2)C(=O)NCC2(C3CCCCC3)CCC2)C(=O)[C@H](Cc2cnc[nH]2)N1C(=O)OCc1ccccc1. The molecule has 0 bridgehead atoms. The molecular formula is C42H56N5O5+. The summed E-state index contributed by atoms with van der Waals surface area (Å²) in [5, 5.41) is 4.92. The molecule has 52 heavy (non-hydrogen) atoms. The number of aromatic nitrogens is 2. The zero-order valence-electron chi connectivity index (χ0n) is 30.7. The lowest BCUT2D eigenvalue weighted by Crippen LogP contribution is -2.85. The van der Waals surface area contributed by atoms with Gasteiger partial charge in [-0.25, -0.2) is 14.6 Å². The van der Waals surface area contributed by atoms with Gasteiger partial charge in [-0.1, -0.05) is 86.3 Å². The molecule has 4 fully saturated rings. The molecule has 1 saturated heterocycles. The summed E-state index contributed by atoms with van der Waals surface area (Å²) >= 11 is 0. The molecule has 3 aliphatic carbocycles. The number of hydrogen-bond donors (Lipinski definition) is 2. The molecule has 4 aliphatic rings. The highest BCUT2D eigenvalue weighted by Crippen LogP contribution is 2.52. The Morgan fingerprint density at radius 3 is 2.21 bits per heavy atom. The van der Waals surface area contributed by atoms with Gasteiger partial charge in [-0.15, -0.1) is 9.60 Å². The number of nitrogens with one attached hydrogen (secondary N) is 2. The van der Waals surface area contributed by atoms with Crippen LogP contribution in [0.4, 0.5) is 4.79 Å². The van der Waals surface area contributed by atoms with E-state index in [4.69, 9.17) is 9.47 Å². The standard InChI is InChI=1S/C42H55N5O5/c1-47(40(49)37(25-35-26-43-30-45-35)46(47)41(50)52-28-33-14-7-3-8-15-33)38(39(48)44-29-42(22-11-23-42)34-16-9-4-10-17-34)24-31-18-20-36(21-19-31)51-27-32-12-5-2-6-13-32/h2-3,5-8,12-15,26,30-31,34,36-38H,4,9-11,16-25,27-29H2,1H3,(H-,43,44,45,48)/p+1/t31?,36?,37-,38?,47?/m0/s1. The van der Waals surface area contributed by atoms with E-state index in [1.807, 2.05) is 48.5 Å². The monoisotopic (exact) mass is 710 g/mol. The molecule has 3 saturated carbocycles. The van der Waals surface area contributed by atoms with E-state index >= 15 is 0 Å². The van der Waals surface area contributed by atoms with Crippen molar-refractivity contribution in [1.29, 1.82) is 0 Å². The number of imidazole rings is 1. The van der Waals surface area contributed by atoms with Crippen LogP contribution in [0.3, 0.4) is 0 Å². The fourth-order valence-corrected chi connectivity index (χ4v) is 9.55. The highest BCUT2D eigenvalue weighted by atomic mass is 16.6. The van der Waals surface area contributed by atoms with Gasteiger partial charge < -0.3 is 19.8 Å². The summed E-state index contributed by atoms with van der Waals surface area (Å²) in [5.74, 6) is 0.566. The Balaban J connectivity index is 1.10. The van der Waals surface area contributed by atoms with Crippen LogP contribution in [0.2, 0.25) is 0 Å². The molecule has 2 aromatic carbocycles. The van der Waals surface area contributed by atoms with Gasteiger partial charge in [0.1, 0.15) is 6.61 Å². The van der Waals surface area contributed by atoms with Crippen molar-refractivity contribution >= 4 is 17.9 Å². The number of carbonyl (C=O) groups is 3. The molecule has 2 N–H and O–H groups in total. The van der Waals surface area contributed by atoms with E-state index in [1.165, 1.54) is 43.5 Å². The maximum absolute atomic E-state index is 14.7. The van der Waals surface area contributed by atoms with Crippen molar-refractivity contribution in [2.24, 2.45) is 17.3 Å². The van der Waals surface area contributed by atoms with Crippen molar-refractivity contribution in [1.82, 2.24) is 20.3 Å². The highest BCUT2D eigenvalue weighted by molar-refractivity contribution is 5.90. The van der Waals surface area contributed by atoms with Crippen molar-refractivity contribution < 1.29 is 28.4 Å². The largest absolute Gasteiger partial charge is 0.456 e. The van der Waals surface area contributed by atoms with Crippen molar-refractivity contribution in [3.63, 3.8) is 0 Å². The maximum atomic E-state index is 14.7. The number of H-pyrrole nitrogens is 1. The lowest BCUT2D eigenvalue weighted by Gasteiger charge is -2.55. The number of aromatic amines is 1. The minimum absolute atomic E-state index is 0.0783. The van der Waals surface area contributed by atoms with E-state index in [2.05, 4.69) is 27.4 Å². The average molecular weight is 711 g/mol. The van der Waals surface area contributed by atoms with Gasteiger partial charge in [0, 0.05) is 31.3 Å². The first kappa shape index (κ1) is 36.3. The Morgan fingerprint density at radius 1 is 0.923 bits per heavy atom. The van der Waals surface area contributed by atoms with Gasteiger partial charge in [-0.2, -0.15) is 0 Å². The second-order valence-corrected chi connectivity index (χ2v) is 16.0. The number of rotatable bonds is 14. The van der Waals surface area contributed by atoms with Crippen LogP contribution in [0.5, 0.6) is 0 Å². The molecule has 10 nitrogen and oxygen atoms in total. The summed E-state index contributed by atoms with van der Waals surface area (Å²) in [5.41, 5.74) is 2.91. The van der Waals surface area contributed by atoms with Crippen molar-refractivity contribution in [2.45, 2.75) is 121 Å². The van der Waals surface area contributed by atoms with E-state index in [1.54, 1.807) is 19.6 Å². The first-order valence-electron chi connectivity index (χ1n) is 19.7. The van der Waals surface area contributed by atoms with Crippen LogP contribution in [0.15, 0.2) is 73.2 Å². The number of carbonyl (C=O) groups excluding carboxylic acids is 3. The lowest BCUT2D eigenvalue weighted by molar-refractivity contribution is -0.990. The molecule has 2 unspecified atom stereocenters. The summed E-state index contributed by atoms with van der Waals surface area (Å²) in [4.78, 5) is 50.4. The van der Waals surface area contributed by atoms with Crippen LogP contribution in [0, 0.1) is 17.3 Å². The van der Waals surface area contributed by atoms with Crippen LogP contribution in [-0.4, -0.2) is 69.3 Å². The quantitative estimate of drug-likeness (QED) is 0.170. The highest BCUT2D eigenvalue weighted by Gasteiger charge is 2.68. The molecule has 7 rings (SSSR count). The number of likely N-dealkylation sites (N-methyl/N-ethyl adjacent to an activating group) is 1. The van der Waals surface area contributed by atoms with Crippen molar-refractivity contribution in [3.05, 3.63) is 90.0 Å². The van der Waals surface area contributed by atoms with Gasteiger partial charge in [0.25, 0.3) is 5.91 Å². The first-order valence-corrected chi connectivity index (χ1v) is 19.7. The Bertz CT molecular complexity index is 1620. The molecule has 0 spiro atoms. The first-order chi connectivity index (χ1) is 25.4. The van der Waals surface area contributed by atoms with Crippen molar-refractivity contribution in [2.75, 3.05) is 13.6 Å². The predicted molar refractivity (Wildman–Crippen MR) is 197 cm³/mol. The summed E-state index contributed by atoms with van der Waals surface area (Å²) in [7, 11) is 1.74. The third kappa shape index (κ3) is 7.83. The number of nitrogens with zero attached hydrogens (tertiary/aromatic N) is 3. The van der Waals surface area contributed by atoms with Crippen molar-refractivity contribution in [3.8, 4) is 0 Å². The van der Waals surface area contributed by atoms with E-state index < -0.39 is 22.8 Å². The third-order valence-electron chi connectivity index (χ3n) is 12.9. The zero-order chi connectivity index (χ0) is 36.0. The summed E-state index contributed by atoms with van der Waals surface area (Å²) in [6.07, 6.45) is 17.0. The Hall–Kier alpha value is -4.02. The topological polar surface area (TPSA) is 114 Å². The van der Waals surface area contributed by atoms with Gasteiger partial charge >= 0.3 is 12.0 Å². The van der Waals surface area contributed by atoms with Crippen LogP contribution < -0.4 is 5.32 Å². The number of hydrogen-bond acceptors (Lipinski definition) is 6. The molecule has 1 aromatic heterocycles. The van der Waals surface area contributed by atoms with E-state index in [-0.39, 0.29) is 42.3 Å². The normalized spacial score (nSPS) is 26.5. The van der Waals surface area contributed by atoms with Gasteiger partial charge in [-0.3, -0.25) is 4.79 Å². The average Bonchev–Trinajstić information content (AvgIpc) is 3.69. The van der Waals surface area contributed by atoms with Gasteiger partial charge in [0.05, 0.1) is 26.1 Å². The van der Waals surface area contributed by atoms with Gasteiger partial charge in [0.15, 0.2) is 6.04 Å². The van der Waals surface area contributed by atoms with Crippen LogP contribution >= 0.6 is 0 Å². The second-order valence-electron chi connectivity index (χ2n) is 16.0. The molecule has 0 radical (unpaired) electrons. The van der Waals surface area contributed by atoms with Crippen LogP contribution in [-0.2, 0) is 38.7 Å². The Morgan fingerprint density at radius 2 is 1.60 bits per heavy atom. The number of amides is 3. The van der Waals surface area contributed by atoms with Crippen LogP contribution in [0.25, 0.3) is 0 Å². The molecule has 3 atom stereocenters. The molecule has 1 aliphatic heterocycles. The number of ether oxygens (including phenoxy) is 2. The zero-order valence-corrected chi connectivity index (χ0v) is 30.7. The van der Waals surface area contributed by atoms with Crippen LogP contribution in [0.1, 0.15) is 100 Å². The Kier molecular flexibility index (Phi) is 11.4. The predicted octanol–water partition coefficient (Wildman–Crippen LogP) is 7.26. The van der Waals surface area contributed by atoms with Gasteiger partial charge in [-0.05, 0) is 79.7 Å². The summed E-state index contributed by atoms with van der Waals surface area (Å²) in [6, 6.07) is 18.3. The molecule has 278 valence electrons. The van der Waals surface area contributed by atoms with E-state index in [9.17, 15) is 14.4 Å². The summed E-state index contributed by atoms with van der Waals surface area (Å²) in [6.45, 7) is 1.30. The number of quaternary nitrogens is 1. The third-order valence-corrected chi connectivity index (χ3v) is 12.9. The summed E-state index contributed by atoms with van der Waals surface area (Å²) < 4.78 is 11.8. The fourth-order valence-electron chi connectivity index (χ4n) is 9.55. The lowest BCUT2D eigenvalue weighted by atomic mass is 9.57. The minimum Gasteiger partial charge on any atom is -0.441 e. The van der Waals surface area contributed by atoms with E-state index in [0.29, 0.717) is 25.5 Å². The molecule has 3 aromatic rings. The maximum Gasteiger partial charge on any atom is 0.456 e. The molecule has 3 amide bonds. The molecule has 2 heterocycles. The minimum atomic E-state index is -0.772. The number of benzene rings is 2. The van der Waals surface area contributed by atoms with E-state index in [0.717, 1.165) is 55.3 Å².